The third-order valence-electron chi connectivity index (χ3n) is 2.47. The van der Waals surface area contributed by atoms with Crippen LogP contribution in [0.4, 0.5) is 20.2 Å². The van der Waals surface area contributed by atoms with Gasteiger partial charge >= 0.3 is 9.84 Å². The molecule has 98 valence electrons. The lowest BCUT2D eigenvalue weighted by atomic mass is 10.2. The topological polar surface area (TPSA) is 20.3 Å². The van der Waals surface area contributed by atoms with Crippen molar-refractivity contribution in [1.29, 1.82) is 0 Å². The Morgan fingerprint density at radius 3 is 1.58 bits per heavy atom. The van der Waals surface area contributed by atoms with E-state index in [1.807, 2.05) is 0 Å². The van der Waals surface area contributed by atoms with Crippen molar-refractivity contribution in [2.24, 2.45) is 0 Å². The van der Waals surface area contributed by atoms with Crippen molar-refractivity contribution in [2.75, 3.05) is 4.90 Å². The van der Waals surface area contributed by atoms with E-state index >= 15 is 0 Å². The SMILES string of the molecule is O=C(N(c1ccccc1)c1ccccc1)C(F)(F)I. The van der Waals surface area contributed by atoms with Crippen LogP contribution in [0.25, 0.3) is 0 Å². The second-order valence-electron chi connectivity index (χ2n) is 3.81. The van der Waals surface area contributed by atoms with E-state index < -0.39 is 9.84 Å². The molecule has 2 aromatic carbocycles. The van der Waals surface area contributed by atoms with E-state index in [0.717, 1.165) is 27.5 Å². The lowest BCUT2D eigenvalue weighted by Crippen LogP contribution is -2.36. The monoisotopic (exact) mass is 373 g/mol. The van der Waals surface area contributed by atoms with Crippen molar-refractivity contribution >= 4 is 39.9 Å². The van der Waals surface area contributed by atoms with E-state index in [1.54, 1.807) is 60.7 Å². The second-order valence-corrected chi connectivity index (χ2v) is 5.16. The summed E-state index contributed by atoms with van der Waals surface area (Å²) < 4.78 is 23.2. The van der Waals surface area contributed by atoms with Gasteiger partial charge in [0.15, 0.2) is 0 Å². The standard InChI is InChI=1S/C14H10F2INO/c15-14(16,17)13(19)18(11-7-3-1-4-8-11)12-9-5-2-6-10-12/h1-10H. The number of benzene rings is 2. The average Bonchev–Trinajstić information content (AvgIpc) is 2.40. The number of para-hydroxylation sites is 2. The highest BCUT2D eigenvalue weighted by atomic mass is 127. The van der Waals surface area contributed by atoms with Crippen molar-refractivity contribution in [3.8, 4) is 0 Å². The maximum atomic E-state index is 13.3. The minimum absolute atomic E-state index is 0.412. The Morgan fingerprint density at radius 2 is 1.26 bits per heavy atom. The Hall–Kier alpha value is -1.50. The van der Waals surface area contributed by atoms with E-state index in [-0.39, 0.29) is 0 Å². The highest BCUT2D eigenvalue weighted by Gasteiger charge is 2.40. The zero-order valence-electron chi connectivity index (χ0n) is 9.76. The maximum Gasteiger partial charge on any atom is 0.373 e. The summed E-state index contributed by atoms with van der Waals surface area (Å²) in [5, 5.41) is 0. The van der Waals surface area contributed by atoms with Gasteiger partial charge in [-0.3, -0.25) is 9.69 Å². The molecule has 0 radical (unpaired) electrons. The van der Waals surface area contributed by atoms with Crippen LogP contribution in [0, 0.1) is 0 Å². The molecule has 0 atom stereocenters. The van der Waals surface area contributed by atoms with Gasteiger partial charge in [0.2, 0.25) is 0 Å². The van der Waals surface area contributed by atoms with E-state index in [1.165, 1.54) is 0 Å². The number of halogens is 3. The van der Waals surface area contributed by atoms with Crippen LogP contribution in [0.2, 0.25) is 0 Å². The zero-order valence-corrected chi connectivity index (χ0v) is 11.9. The molecule has 2 rings (SSSR count). The zero-order chi connectivity index (χ0) is 13.9. The molecular weight excluding hydrogens is 363 g/mol. The molecule has 2 aromatic rings. The molecule has 0 saturated carbocycles. The predicted octanol–water partition coefficient (Wildman–Crippen LogP) is 4.38. The van der Waals surface area contributed by atoms with E-state index in [4.69, 9.17) is 0 Å². The number of nitrogens with zero attached hydrogens (tertiary/aromatic N) is 1. The van der Waals surface area contributed by atoms with Gasteiger partial charge in [0.1, 0.15) is 0 Å². The number of hydrogen-bond acceptors (Lipinski definition) is 1. The van der Waals surface area contributed by atoms with Gasteiger partial charge < -0.3 is 0 Å². The van der Waals surface area contributed by atoms with Gasteiger partial charge in [-0.15, -0.1) is 0 Å². The van der Waals surface area contributed by atoms with Crippen molar-refractivity contribution in [1.82, 2.24) is 0 Å². The summed E-state index contributed by atoms with van der Waals surface area (Å²) in [4.78, 5) is 13.0. The fraction of sp³-hybridized carbons (Fsp3) is 0.0714. The number of hydrogen-bond donors (Lipinski definition) is 0. The quantitative estimate of drug-likeness (QED) is 0.578. The molecule has 0 bridgehead atoms. The van der Waals surface area contributed by atoms with Gasteiger partial charge in [0.25, 0.3) is 0 Å². The molecule has 1 amide bonds. The van der Waals surface area contributed by atoms with E-state index in [9.17, 15) is 13.6 Å². The summed E-state index contributed by atoms with van der Waals surface area (Å²) in [6.07, 6.45) is 0. The Labute approximate surface area is 123 Å². The summed E-state index contributed by atoms with van der Waals surface area (Å²) in [7, 11) is 0. The number of carbonyl (C=O) groups excluding carboxylic acids is 1. The first kappa shape index (κ1) is 13.9. The van der Waals surface area contributed by atoms with E-state index in [0.29, 0.717) is 11.4 Å². The van der Waals surface area contributed by atoms with Crippen LogP contribution in [0.15, 0.2) is 60.7 Å². The lowest BCUT2D eigenvalue weighted by Gasteiger charge is -2.24. The largest absolute Gasteiger partial charge is 0.373 e. The summed E-state index contributed by atoms with van der Waals surface area (Å²) in [5.41, 5.74) is 0.824. The minimum atomic E-state index is -3.45. The number of rotatable bonds is 3. The van der Waals surface area contributed by atoms with Gasteiger partial charge in [-0.1, -0.05) is 36.4 Å². The molecule has 0 N–H and O–H groups in total. The van der Waals surface area contributed by atoms with Crippen LogP contribution in [-0.2, 0) is 4.79 Å². The molecule has 0 saturated heterocycles. The normalized spacial score (nSPS) is 11.1. The highest BCUT2D eigenvalue weighted by molar-refractivity contribution is 14.1. The van der Waals surface area contributed by atoms with Crippen LogP contribution >= 0.6 is 22.6 Å². The molecule has 0 unspecified atom stereocenters. The molecular formula is C14H10F2INO. The number of carbonyl (C=O) groups is 1. The highest BCUT2D eigenvalue weighted by Crippen LogP contribution is 2.33. The van der Waals surface area contributed by atoms with Crippen LogP contribution in [0.3, 0.4) is 0 Å². The van der Waals surface area contributed by atoms with Crippen LogP contribution < -0.4 is 4.90 Å². The van der Waals surface area contributed by atoms with Gasteiger partial charge in [-0.25, -0.2) is 0 Å². The van der Waals surface area contributed by atoms with Crippen molar-refractivity contribution in [3.05, 3.63) is 60.7 Å². The van der Waals surface area contributed by atoms with Crippen molar-refractivity contribution in [2.45, 2.75) is 3.93 Å². The van der Waals surface area contributed by atoms with Gasteiger partial charge in [0.05, 0.1) is 0 Å². The van der Waals surface area contributed by atoms with E-state index in [2.05, 4.69) is 0 Å². The summed E-state index contributed by atoms with van der Waals surface area (Å²) in [6.45, 7) is 0. The van der Waals surface area contributed by atoms with Crippen LogP contribution in [0.5, 0.6) is 0 Å². The molecule has 0 aliphatic heterocycles. The van der Waals surface area contributed by atoms with Gasteiger partial charge in [-0.05, 0) is 24.3 Å². The second kappa shape index (κ2) is 5.64. The molecule has 0 aromatic heterocycles. The molecule has 19 heavy (non-hydrogen) atoms. The fourth-order valence-electron chi connectivity index (χ4n) is 1.66. The van der Waals surface area contributed by atoms with Gasteiger partial charge in [-0.2, -0.15) is 8.78 Å². The first-order chi connectivity index (χ1) is 9.00. The summed E-state index contributed by atoms with van der Waals surface area (Å²) in [5.74, 6) is -1.26. The Morgan fingerprint density at radius 1 is 0.895 bits per heavy atom. The van der Waals surface area contributed by atoms with Crippen molar-refractivity contribution < 1.29 is 13.6 Å². The molecule has 5 heteroatoms. The number of alkyl halides is 3. The van der Waals surface area contributed by atoms with Crippen molar-refractivity contribution in [3.63, 3.8) is 0 Å². The van der Waals surface area contributed by atoms with Gasteiger partial charge in [0, 0.05) is 34.0 Å². The van der Waals surface area contributed by atoms with Crippen LogP contribution in [0.1, 0.15) is 0 Å². The third-order valence-corrected chi connectivity index (χ3v) is 2.94. The predicted molar refractivity (Wildman–Crippen MR) is 79.0 cm³/mol. The first-order valence-electron chi connectivity index (χ1n) is 5.51. The molecule has 0 spiro atoms. The number of amides is 1. The Balaban J connectivity index is 2.49. The Kier molecular flexibility index (Phi) is 4.14. The smallest absolute Gasteiger partial charge is 0.275 e. The van der Waals surface area contributed by atoms with Crippen LogP contribution in [-0.4, -0.2) is 9.84 Å². The third kappa shape index (κ3) is 3.28. The summed E-state index contributed by atoms with van der Waals surface area (Å²) in [6, 6.07) is 16.8. The molecule has 0 fully saturated rings. The maximum absolute atomic E-state index is 13.3. The average molecular weight is 373 g/mol. The molecule has 2 nitrogen and oxygen atoms in total. The number of anilines is 2. The molecule has 0 heterocycles. The minimum Gasteiger partial charge on any atom is -0.275 e. The fourth-order valence-corrected chi connectivity index (χ4v) is 1.91. The Bertz CT molecular complexity index is 515. The molecule has 0 aliphatic carbocycles. The molecule has 0 aliphatic rings. The first-order valence-corrected chi connectivity index (χ1v) is 6.59. The lowest BCUT2D eigenvalue weighted by molar-refractivity contribution is -0.129. The summed E-state index contributed by atoms with van der Waals surface area (Å²) >= 11 is 0.847.